The number of non-ortho nitro benzene ring substituents is 1. The standard InChI is InChI=1S/C17H16N2O2S/c1-10-8-11(19(20)21)9-14-12-4-2-5-13(12)17(18-16(10)14)15-6-3-7-22-15/h2-4,6-9,12-13,17-18H,5H2,1H3. The Labute approximate surface area is 132 Å². The maximum absolute atomic E-state index is 11.2. The molecule has 1 aromatic carbocycles. The Hall–Kier alpha value is -2.14. The van der Waals surface area contributed by atoms with E-state index in [2.05, 4.69) is 35.0 Å². The Morgan fingerprint density at radius 3 is 3.00 bits per heavy atom. The molecule has 1 aliphatic heterocycles. The van der Waals surface area contributed by atoms with E-state index in [1.54, 1.807) is 23.5 Å². The molecule has 112 valence electrons. The largest absolute Gasteiger partial charge is 0.377 e. The van der Waals surface area contributed by atoms with E-state index < -0.39 is 0 Å². The zero-order valence-electron chi connectivity index (χ0n) is 12.2. The molecule has 4 rings (SSSR count). The van der Waals surface area contributed by atoms with Gasteiger partial charge in [0.05, 0.1) is 11.0 Å². The van der Waals surface area contributed by atoms with Crippen LogP contribution in [0, 0.1) is 23.0 Å². The van der Waals surface area contributed by atoms with Gasteiger partial charge in [-0.15, -0.1) is 11.3 Å². The van der Waals surface area contributed by atoms with Crippen LogP contribution in [-0.4, -0.2) is 4.92 Å². The zero-order valence-corrected chi connectivity index (χ0v) is 13.0. The maximum Gasteiger partial charge on any atom is 0.270 e. The summed E-state index contributed by atoms with van der Waals surface area (Å²) in [6.45, 7) is 1.95. The number of nitro benzene ring substituents is 1. The van der Waals surface area contributed by atoms with Crippen LogP contribution in [-0.2, 0) is 0 Å². The van der Waals surface area contributed by atoms with E-state index in [0.717, 1.165) is 23.2 Å². The summed E-state index contributed by atoms with van der Waals surface area (Å²) in [6.07, 6.45) is 5.44. The molecule has 1 aromatic heterocycles. The highest BCUT2D eigenvalue weighted by molar-refractivity contribution is 7.10. The van der Waals surface area contributed by atoms with Gasteiger partial charge in [0, 0.05) is 28.6 Å². The summed E-state index contributed by atoms with van der Waals surface area (Å²) >= 11 is 1.77. The number of anilines is 1. The van der Waals surface area contributed by atoms with Crippen LogP contribution in [0.1, 0.15) is 34.4 Å². The number of hydrogen-bond acceptors (Lipinski definition) is 4. The minimum absolute atomic E-state index is 0.187. The monoisotopic (exact) mass is 312 g/mol. The van der Waals surface area contributed by atoms with Crippen molar-refractivity contribution in [3.05, 3.63) is 67.9 Å². The normalized spacial score (nSPS) is 25.4. The van der Waals surface area contributed by atoms with Gasteiger partial charge in [-0.1, -0.05) is 18.2 Å². The van der Waals surface area contributed by atoms with Crippen molar-refractivity contribution >= 4 is 22.7 Å². The van der Waals surface area contributed by atoms with E-state index in [9.17, 15) is 10.1 Å². The Morgan fingerprint density at radius 2 is 2.27 bits per heavy atom. The Bertz CT molecular complexity index is 767. The molecule has 3 unspecified atom stereocenters. The van der Waals surface area contributed by atoms with Crippen LogP contribution in [0.2, 0.25) is 0 Å². The Morgan fingerprint density at radius 1 is 1.41 bits per heavy atom. The average molecular weight is 312 g/mol. The van der Waals surface area contributed by atoms with Crippen molar-refractivity contribution in [1.29, 1.82) is 0 Å². The third-order valence-electron chi connectivity index (χ3n) is 4.71. The molecule has 3 atom stereocenters. The quantitative estimate of drug-likeness (QED) is 0.493. The lowest BCUT2D eigenvalue weighted by atomic mass is 9.78. The van der Waals surface area contributed by atoms with Crippen LogP contribution in [0.15, 0.2) is 41.8 Å². The van der Waals surface area contributed by atoms with Crippen molar-refractivity contribution in [2.75, 3.05) is 5.32 Å². The third kappa shape index (κ3) is 1.96. The van der Waals surface area contributed by atoms with Crippen LogP contribution in [0.3, 0.4) is 0 Å². The molecular formula is C17H16N2O2S. The molecule has 2 heterocycles. The van der Waals surface area contributed by atoms with Gasteiger partial charge in [-0.2, -0.15) is 0 Å². The number of thiophene rings is 1. The summed E-state index contributed by atoms with van der Waals surface area (Å²) in [5.41, 5.74) is 3.27. The lowest BCUT2D eigenvalue weighted by Gasteiger charge is -2.37. The highest BCUT2D eigenvalue weighted by Crippen LogP contribution is 2.52. The summed E-state index contributed by atoms with van der Waals surface area (Å²) in [4.78, 5) is 12.2. The predicted molar refractivity (Wildman–Crippen MR) is 88.5 cm³/mol. The molecule has 1 aliphatic carbocycles. The molecule has 2 aromatic rings. The van der Waals surface area contributed by atoms with Crippen molar-refractivity contribution in [2.24, 2.45) is 5.92 Å². The minimum atomic E-state index is -0.299. The Balaban J connectivity index is 1.85. The van der Waals surface area contributed by atoms with Gasteiger partial charge in [0.25, 0.3) is 5.69 Å². The molecule has 4 nitrogen and oxygen atoms in total. The van der Waals surface area contributed by atoms with E-state index in [-0.39, 0.29) is 22.6 Å². The number of nitro groups is 1. The van der Waals surface area contributed by atoms with Crippen LogP contribution < -0.4 is 5.32 Å². The van der Waals surface area contributed by atoms with Crippen LogP contribution in [0.5, 0.6) is 0 Å². The maximum atomic E-state index is 11.2. The molecule has 0 saturated carbocycles. The number of nitrogens with zero attached hydrogens (tertiary/aromatic N) is 1. The van der Waals surface area contributed by atoms with Crippen molar-refractivity contribution in [3.63, 3.8) is 0 Å². The van der Waals surface area contributed by atoms with Crippen LogP contribution >= 0.6 is 11.3 Å². The minimum Gasteiger partial charge on any atom is -0.377 e. The summed E-state index contributed by atoms with van der Waals surface area (Å²) in [5, 5.41) is 16.9. The molecule has 1 N–H and O–H groups in total. The Kier molecular flexibility index (Phi) is 3.04. The van der Waals surface area contributed by atoms with Gasteiger partial charge in [-0.25, -0.2) is 0 Å². The number of rotatable bonds is 2. The first-order valence-electron chi connectivity index (χ1n) is 7.40. The molecule has 22 heavy (non-hydrogen) atoms. The zero-order chi connectivity index (χ0) is 15.3. The molecule has 0 amide bonds. The number of fused-ring (bicyclic) bond motifs is 3. The van der Waals surface area contributed by atoms with Gasteiger partial charge in [-0.3, -0.25) is 10.1 Å². The predicted octanol–water partition coefficient (Wildman–Crippen LogP) is 4.79. The second kappa shape index (κ2) is 4.95. The summed E-state index contributed by atoms with van der Waals surface area (Å²) < 4.78 is 0. The van der Waals surface area contributed by atoms with E-state index in [0.29, 0.717) is 5.92 Å². The first-order valence-corrected chi connectivity index (χ1v) is 8.28. The summed E-state index contributed by atoms with van der Waals surface area (Å²) in [7, 11) is 0. The lowest BCUT2D eigenvalue weighted by Crippen LogP contribution is -2.29. The second-order valence-electron chi connectivity index (χ2n) is 5.97. The van der Waals surface area contributed by atoms with Gasteiger partial charge < -0.3 is 5.32 Å². The number of benzene rings is 1. The number of hydrogen-bond donors (Lipinski definition) is 1. The van der Waals surface area contributed by atoms with Gasteiger partial charge in [0.1, 0.15) is 0 Å². The first kappa shape index (κ1) is 13.5. The van der Waals surface area contributed by atoms with Crippen molar-refractivity contribution in [1.82, 2.24) is 0 Å². The van der Waals surface area contributed by atoms with Crippen molar-refractivity contribution in [3.8, 4) is 0 Å². The van der Waals surface area contributed by atoms with E-state index in [1.165, 1.54) is 4.88 Å². The second-order valence-corrected chi connectivity index (χ2v) is 6.95. The number of aryl methyl sites for hydroxylation is 1. The fourth-order valence-corrected chi connectivity index (χ4v) is 4.57. The fraction of sp³-hybridized carbons (Fsp3) is 0.294. The van der Waals surface area contributed by atoms with Crippen molar-refractivity contribution < 1.29 is 4.92 Å². The summed E-state index contributed by atoms with van der Waals surface area (Å²) in [5.74, 6) is 0.703. The first-order chi connectivity index (χ1) is 10.6. The number of allylic oxidation sites excluding steroid dienone is 2. The highest BCUT2D eigenvalue weighted by Gasteiger charge is 2.39. The molecular weight excluding hydrogens is 296 g/mol. The van der Waals surface area contributed by atoms with E-state index in [1.807, 2.05) is 6.92 Å². The smallest absolute Gasteiger partial charge is 0.270 e. The van der Waals surface area contributed by atoms with Gasteiger partial charge in [0.15, 0.2) is 0 Å². The van der Waals surface area contributed by atoms with Gasteiger partial charge >= 0.3 is 0 Å². The highest BCUT2D eigenvalue weighted by atomic mass is 32.1. The lowest BCUT2D eigenvalue weighted by molar-refractivity contribution is -0.385. The van der Waals surface area contributed by atoms with E-state index >= 15 is 0 Å². The SMILES string of the molecule is Cc1cc([N+](=O)[O-])cc2c1NC(c1cccs1)C1CC=CC21. The number of nitrogens with one attached hydrogen (secondary N) is 1. The third-order valence-corrected chi connectivity index (χ3v) is 5.67. The molecule has 0 spiro atoms. The van der Waals surface area contributed by atoms with Crippen molar-refractivity contribution in [2.45, 2.75) is 25.3 Å². The summed E-state index contributed by atoms with van der Waals surface area (Å²) in [6, 6.07) is 7.94. The molecule has 0 fully saturated rings. The van der Waals surface area contributed by atoms with Gasteiger partial charge in [-0.05, 0) is 41.8 Å². The van der Waals surface area contributed by atoms with Crippen LogP contribution in [0.4, 0.5) is 11.4 Å². The molecule has 2 aliphatic rings. The average Bonchev–Trinajstić information content (AvgIpc) is 3.18. The molecule has 0 saturated heterocycles. The molecule has 0 radical (unpaired) electrons. The van der Waals surface area contributed by atoms with Crippen LogP contribution in [0.25, 0.3) is 0 Å². The molecule has 0 bridgehead atoms. The topological polar surface area (TPSA) is 55.2 Å². The van der Waals surface area contributed by atoms with Gasteiger partial charge in [0.2, 0.25) is 0 Å². The van der Waals surface area contributed by atoms with E-state index in [4.69, 9.17) is 0 Å². The fourth-order valence-electron chi connectivity index (χ4n) is 3.72. The molecule has 5 heteroatoms.